The largest absolute Gasteiger partial charge is 0.496 e. The molecule has 3 N–H and O–H groups in total. The number of rotatable bonds is 8. The fraction of sp³-hybridized carbons (Fsp3) is 0.176. The third-order valence-corrected chi connectivity index (χ3v) is 3.69. The Kier molecular flexibility index (Phi) is 5.28. The van der Waals surface area contributed by atoms with Crippen LogP contribution in [0.15, 0.2) is 42.5 Å². The van der Waals surface area contributed by atoms with Crippen molar-refractivity contribution >= 4 is 29.0 Å². The molecule has 0 aliphatic rings. The maximum absolute atomic E-state index is 12.2. The Morgan fingerprint density at radius 1 is 1.19 bits per heavy atom. The van der Waals surface area contributed by atoms with E-state index in [1.165, 1.54) is 4.91 Å². The van der Waals surface area contributed by atoms with Crippen LogP contribution in [-0.4, -0.2) is 34.5 Å². The molecule has 9 nitrogen and oxygen atoms in total. The van der Waals surface area contributed by atoms with Crippen molar-refractivity contribution in [2.24, 2.45) is 0 Å². The van der Waals surface area contributed by atoms with E-state index in [1.54, 1.807) is 19.2 Å². The summed E-state index contributed by atoms with van der Waals surface area (Å²) in [6.07, 6.45) is 1.21. The predicted molar refractivity (Wildman–Crippen MR) is 96.0 cm³/mol. The zero-order valence-electron chi connectivity index (χ0n) is 14.1. The lowest BCUT2D eigenvalue weighted by molar-refractivity contribution is -0.117. The number of hydrogen-bond acceptors (Lipinski definition) is 6. The van der Waals surface area contributed by atoms with Crippen molar-refractivity contribution in [1.82, 2.24) is 20.5 Å². The molecular formula is C17H18N6O3. The number of aryl methyl sites for hydroxylation is 1. The summed E-state index contributed by atoms with van der Waals surface area (Å²) >= 11 is 0. The second-order valence-electron chi connectivity index (χ2n) is 5.43. The average molecular weight is 354 g/mol. The number of ether oxygens (including phenoxy) is 1. The highest BCUT2D eigenvalue weighted by molar-refractivity contribution is 5.84. The van der Waals surface area contributed by atoms with E-state index in [0.29, 0.717) is 35.3 Å². The van der Waals surface area contributed by atoms with Crippen LogP contribution in [0.25, 0.3) is 11.0 Å². The van der Waals surface area contributed by atoms with Crippen LogP contribution in [0.1, 0.15) is 12.0 Å². The third kappa shape index (κ3) is 4.07. The van der Waals surface area contributed by atoms with Gasteiger partial charge in [0.2, 0.25) is 12.3 Å². The first-order valence-corrected chi connectivity index (χ1v) is 7.93. The Balaban J connectivity index is 1.63. The van der Waals surface area contributed by atoms with Gasteiger partial charge < -0.3 is 4.74 Å². The fourth-order valence-electron chi connectivity index (χ4n) is 2.49. The lowest BCUT2D eigenvalue weighted by atomic mass is 10.1. The minimum absolute atomic E-state index is 0.221. The standard InChI is InChI=1S/C17H18N6O3/c1-26-16-8-7-13(19-18-11-24)10-12(16)6-9-17(25)22-23-20-14-4-2-3-5-15(14)21-23/h2-5,7-8,10-11,19H,6,9H2,1H3,(H,18,24)(H,22,25). The SMILES string of the molecule is COc1ccc(NNC=O)cc1CCC(=O)Nn1nc2ccccc2n1. The lowest BCUT2D eigenvalue weighted by Crippen LogP contribution is -2.25. The summed E-state index contributed by atoms with van der Waals surface area (Å²) in [4.78, 5) is 23.7. The Morgan fingerprint density at radius 3 is 2.58 bits per heavy atom. The molecule has 0 saturated heterocycles. The highest BCUT2D eigenvalue weighted by Gasteiger charge is 2.10. The van der Waals surface area contributed by atoms with Gasteiger partial charge in [-0.25, -0.2) is 5.43 Å². The molecule has 26 heavy (non-hydrogen) atoms. The monoisotopic (exact) mass is 354 g/mol. The number of aromatic nitrogens is 3. The number of nitrogens with zero attached hydrogens (tertiary/aromatic N) is 3. The van der Waals surface area contributed by atoms with Crippen molar-refractivity contribution in [1.29, 1.82) is 0 Å². The average Bonchev–Trinajstić information content (AvgIpc) is 3.06. The quantitative estimate of drug-likeness (QED) is 0.414. The summed E-state index contributed by atoms with van der Waals surface area (Å²) in [5.74, 6) is 0.439. The number of benzene rings is 2. The van der Waals surface area contributed by atoms with E-state index in [1.807, 2.05) is 30.3 Å². The molecule has 9 heteroatoms. The minimum atomic E-state index is -0.225. The molecule has 134 valence electrons. The molecule has 0 fully saturated rings. The molecule has 2 aromatic carbocycles. The first-order chi connectivity index (χ1) is 12.7. The zero-order valence-corrected chi connectivity index (χ0v) is 14.1. The van der Waals surface area contributed by atoms with Crippen molar-refractivity contribution in [2.45, 2.75) is 12.8 Å². The van der Waals surface area contributed by atoms with Crippen LogP contribution in [0.2, 0.25) is 0 Å². The van der Waals surface area contributed by atoms with Crippen molar-refractivity contribution in [2.75, 3.05) is 18.0 Å². The molecule has 3 rings (SSSR count). The van der Waals surface area contributed by atoms with Gasteiger partial charge in [-0.05, 0) is 42.3 Å². The van der Waals surface area contributed by atoms with Gasteiger partial charge in [0.25, 0.3) is 0 Å². The molecular weight excluding hydrogens is 336 g/mol. The van der Waals surface area contributed by atoms with Crippen LogP contribution < -0.4 is 21.0 Å². The van der Waals surface area contributed by atoms with Crippen molar-refractivity contribution < 1.29 is 14.3 Å². The number of methoxy groups -OCH3 is 1. The number of carbonyl (C=O) groups is 2. The van der Waals surface area contributed by atoms with Gasteiger partial charge in [0, 0.05) is 6.42 Å². The maximum atomic E-state index is 12.2. The van der Waals surface area contributed by atoms with Gasteiger partial charge in [-0.2, -0.15) is 0 Å². The fourth-order valence-corrected chi connectivity index (χ4v) is 2.49. The number of nitrogens with one attached hydrogen (secondary N) is 3. The summed E-state index contributed by atoms with van der Waals surface area (Å²) in [7, 11) is 1.56. The third-order valence-electron chi connectivity index (χ3n) is 3.69. The normalized spacial score (nSPS) is 10.3. The summed E-state index contributed by atoms with van der Waals surface area (Å²) in [5.41, 5.74) is 10.7. The van der Waals surface area contributed by atoms with E-state index in [9.17, 15) is 9.59 Å². The minimum Gasteiger partial charge on any atom is -0.496 e. The summed E-state index contributed by atoms with van der Waals surface area (Å²) in [5, 5.41) is 8.37. The van der Waals surface area contributed by atoms with Crippen LogP contribution in [0.3, 0.4) is 0 Å². The number of hydrazine groups is 1. The van der Waals surface area contributed by atoms with Crippen LogP contribution >= 0.6 is 0 Å². The van der Waals surface area contributed by atoms with Gasteiger partial charge in [-0.1, -0.05) is 17.0 Å². The topological polar surface area (TPSA) is 110 Å². The van der Waals surface area contributed by atoms with Gasteiger partial charge >= 0.3 is 0 Å². The van der Waals surface area contributed by atoms with E-state index in [-0.39, 0.29) is 12.3 Å². The molecule has 3 aromatic rings. The van der Waals surface area contributed by atoms with E-state index in [2.05, 4.69) is 26.5 Å². The first-order valence-electron chi connectivity index (χ1n) is 7.93. The highest BCUT2D eigenvalue weighted by atomic mass is 16.5. The van der Waals surface area contributed by atoms with E-state index in [0.717, 1.165) is 5.56 Å². The van der Waals surface area contributed by atoms with Gasteiger partial charge in [-0.15, -0.1) is 10.2 Å². The van der Waals surface area contributed by atoms with E-state index in [4.69, 9.17) is 4.74 Å². The number of anilines is 1. The summed E-state index contributed by atoms with van der Waals surface area (Å²) < 4.78 is 5.32. The summed E-state index contributed by atoms with van der Waals surface area (Å²) in [6, 6.07) is 12.7. The maximum Gasteiger partial charge on any atom is 0.241 e. The Bertz CT molecular complexity index is 891. The number of hydrogen-bond donors (Lipinski definition) is 3. The molecule has 0 bridgehead atoms. The number of amides is 2. The lowest BCUT2D eigenvalue weighted by Gasteiger charge is -2.11. The number of fused-ring (bicyclic) bond motifs is 1. The molecule has 0 atom stereocenters. The second kappa shape index (κ2) is 7.97. The molecule has 0 aliphatic carbocycles. The molecule has 0 spiro atoms. The number of carbonyl (C=O) groups excluding carboxylic acids is 2. The van der Waals surface area contributed by atoms with Crippen LogP contribution in [0.4, 0.5) is 5.69 Å². The molecule has 0 radical (unpaired) electrons. The van der Waals surface area contributed by atoms with E-state index < -0.39 is 0 Å². The molecule has 0 saturated carbocycles. The van der Waals surface area contributed by atoms with Gasteiger partial charge in [-0.3, -0.25) is 20.4 Å². The first kappa shape index (κ1) is 17.2. The van der Waals surface area contributed by atoms with E-state index >= 15 is 0 Å². The zero-order chi connectivity index (χ0) is 18.4. The van der Waals surface area contributed by atoms with Gasteiger partial charge in [0.15, 0.2) is 0 Å². The highest BCUT2D eigenvalue weighted by Crippen LogP contribution is 2.23. The second-order valence-corrected chi connectivity index (χ2v) is 5.43. The van der Waals surface area contributed by atoms with Crippen LogP contribution in [0, 0.1) is 0 Å². The van der Waals surface area contributed by atoms with Crippen LogP contribution in [-0.2, 0) is 16.0 Å². The van der Waals surface area contributed by atoms with Gasteiger partial charge in [0.05, 0.1) is 12.8 Å². The Labute approximate surface area is 149 Å². The Hall–Kier alpha value is -3.62. The molecule has 1 heterocycles. The molecule has 0 aliphatic heterocycles. The van der Waals surface area contributed by atoms with Crippen molar-refractivity contribution in [3.05, 3.63) is 48.0 Å². The smallest absolute Gasteiger partial charge is 0.241 e. The van der Waals surface area contributed by atoms with Gasteiger partial charge in [0.1, 0.15) is 16.8 Å². The molecule has 2 amide bonds. The van der Waals surface area contributed by atoms with Crippen molar-refractivity contribution in [3.8, 4) is 5.75 Å². The van der Waals surface area contributed by atoms with Crippen LogP contribution in [0.5, 0.6) is 5.75 Å². The summed E-state index contributed by atoms with van der Waals surface area (Å²) in [6.45, 7) is 0. The Morgan fingerprint density at radius 2 is 1.92 bits per heavy atom. The molecule has 0 unspecified atom stereocenters. The predicted octanol–water partition coefficient (Wildman–Crippen LogP) is 1.22. The van der Waals surface area contributed by atoms with Crippen molar-refractivity contribution in [3.63, 3.8) is 0 Å². The molecule has 1 aromatic heterocycles.